The van der Waals surface area contributed by atoms with Crippen LogP contribution in [0.3, 0.4) is 0 Å². The lowest BCUT2D eigenvalue weighted by molar-refractivity contribution is 0.376. The van der Waals surface area contributed by atoms with Gasteiger partial charge in [0.15, 0.2) is 0 Å². The number of aryl methyl sites for hydroxylation is 2. The van der Waals surface area contributed by atoms with Crippen LogP contribution in [-0.4, -0.2) is 17.6 Å². The number of rotatable bonds is 1. The number of pyridine rings is 1. The van der Waals surface area contributed by atoms with Gasteiger partial charge in [0.1, 0.15) is 5.82 Å². The standard InChI is InChI=1S/C14H22N2/c1-10-5-6-16(13(4)8-10)14-9-11(2)7-12(3)15-14/h7,9-10,13H,5-6,8H2,1-4H3. The minimum atomic E-state index is 0.623. The fourth-order valence-corrected chi connectivity index (χ4v) is 2.71. The molecule has 2 heterocycles. The molecule has 0 amide bonds. The van der Waals surface area contributed by atoms with Crippen LogP contribution in [0.5, 0.6) is 0 Å². The second-order valence-corrected chi connectivity index (χ2v) is 5.32. The summed E-state index contributed by atoms with van der Waals surface area (Å²) in [5, 5.41) is 0. The van der Waals surface area contributed by atoms with Gasteiger partial charge in [-0.05, 0) is 57.2 Å². The average Bonchev–Trinajstić information content (AvgIpc) is 2.15. The number of nitrogens with zero attached hydrogens (tertiary/aromatic N) is 2. The van der Waals surface area contributed by atoms with Crippen LogP contribution in [0, 0.1) is 19.8 Å². The third-order valence-corrected chi connectivity index (χ3v) is 3.52. The van der Waals surface area contributed by atoms with Gasteiger partial charge >= 0.3 is 0 Å². The van der Waals surface area contributed by atoms with E-state index in [2.05, 4.69) is 49.7 Å². The molecule has 2 rings (SSSR count). The molecule has 2 unspecified atom stereocenters. The predicted octanol–water partition coefficient (Wildman–Crippen LogP) is 3.32. The quantitative estimate of drug-likeness (QED) is 0.719. The Kier molecular flexibility index (Phi) is 3.17. The van der Waals surface area contributed by atoms with Crippen LogP contribution in [0.2, 0.25) is 0 Å². The maximum Gasteiger partial charge on any atom is 0.129 e. The van der Waals surface area contributed by atoms with Gasteiger partial charge in [0.2, 0.25) is 0 Å². The van der Waals surface area contributed by atoms with Gasteiger partial charge in [-0.2, -0.15) is 0 Å². The summed E-state index contributed by atoms with van der Waals surface area (Å²) in [6.07, 6.45) is 2.58. The van der Waals surface area contributed by atoms with E-state index >= 15 is 0 Å². The molecular formula is C14H22N2. The lowest BCUT2D eigenvalue weighted by Gasteiger charge is -2.37. The number of anilines is 1. The zero-order valence-corrected chi connectivity index (χ0v) is 10.8. The lowest BCUT2D eigenvalue weighted by atomic mass is 9.93. The first kappa shape index (κ1) is 11.4. The van der Waals surface area contributed by atoms with Crippen LogP contribution in [-0.2, 0) is 0 Å². The van der Waals surface area contributed by atoms with Gasteiger partial charge in [0.05, 0.1) is 0 Å². The van der Waals surface area contributed by atoms with E-state index in [1.54, 1.807) is 0 Å². The van der Waals surface area contributed by atoms with Gasteiger partial charge in [-0.1, -0.05) is 6.92 Å². The van der Waals surface area contributed by atoms with Crippen molar-refractivity contribution in [3.63, 3.8) is 0 Å². The molecule has 0 spiro atoms. The summed E-state index contributed by atoms with van der Waals surface area (Å²) in [6.45, 7) is 10.0. The van der Waals surface area contributed by atoms with Crippen molar-refractivity contribution < 1.29 is 0 Å². The molecule has 0 aromatic carbocycles. The number of aromatic nitrogens is 1. The molecule has 1 fully saturated rings. The lowest BCUT2D eigenvalue weighted by Crippen LogP contribution is -2.40. The normalized spacial score (nSPS) is 25.9. The topological polar surface area (TPSA) is 16.1 Å². The summed E-state index contributed by atoms with van der Waals surface area (Å²) in [4.78, 5) is 7.12. The van der Waals surface area contributed by atoms with Crippen molar-refractivity contribution in [2.75, 3.05) is 11.4 Å². The highest BCUT2D eigenvalue weighted by atomic mass is 15.2. The van der Waals surface area contributed by atoms with Crippen molar-refractivity contribution >= 4 is 5.82 Å². The van der Waals surface area contributed by atoms with E-state index in [-0.39, 0.29) is 0 Å². The highest BCUT2D eigenvalue weighted by molar-refractivity contribution is 5.43. The monoisotopic (exact) mass is 218 g/mol. The number of hydrogen-bond donors (Lipinski definition) is 0. The van der Waals surface area contributed by atoms with Crippen molar-refractivity contribution in [2.45, 2.75) is 46.6 Å². The van der Waals surface area contributed by atoms with Crippen molar-refractivity contribution in [2.24, 2.45) is 5.92 Å². The second-order valence-electron chi connectivity index (χ2n) is 5.32. The van der Waals surface area contributed by atoms with Crippen LogP contribution in [0.4, 0.5) is 5.82 Å². The Morgan fingerprint density at radius 1 is 1.25 bits per heavy atom. The second kappa shape index (κ2) is 4.44. The van der Waals surface area contributed by atoms with E-state index in [1.807, 2.05) is 0 Å². The first-order valence-corrected chi connectivity index (χ1v) is 6.28. The van der Waals surface area contributed by atoms with Crippen LogP contribution >= 0.6 is 0 Å². The molecule has 0 N–H and O–H groups in total. The van der Waals surface area contributed by atoms with Gasteiger partial charge in [0.25, 0.3) is 0 Å². The van der Waals surface area contributed by atoms with E-state index in [9.17, 15) is 0 Å². The van der Waals surface area contributed by atoms with Crippen molar-refractivity contribution in [3.8, 4) is 0 Å². The zero-order valence-electron chi connectivity index (χ0n) is 10.8. The third kappa shape index (κ3) is 2.37. The Hall–Kier alpha value is -1.05. The van der Waals surface area contributed by atoms with Gasteiger partial charge in [-0.3, -0.25) is 0 Å². The van der Waals surface area contributed by atoms with E-state index < -0.39 is 0 Å². The van der Waals surface area contributed by atoms with Crippen molar-refractivity contribution in [3.05, 3.63) is 23.4 Å². The Morgan fingerprint density at radius 3 is 2.62 bits per heavy atom. The molecule has 0 saturated carbocycles. The Morgan fingerprint density at radius 2 is 2.00 bits per heavy atom. The predicted molar refractivity (Wildman–Crippen MR) is 68.9 cm³/mol. The van der Waals surface area contributed by atoms with Crippen LogP contribution in [0.25, 0.3) is 0 Å². The smallest absolute Gasteiger partial charge is 0.129 e. The molecule has 0 radical (unpaired) electrons. The molecule has 0 aliphatic carbocycles. The number of hydrogen-bond acceptors (Lipinski definition) is 2. The molecule has 2 atom stereocenters. The number of piperidine rings is 1. The molecule has 2 nitrogen and oxygen atoms in total. The molecule has 1 aromatic heterocycles. The SMILES string of the molecule is Cc1cc(C)nc(N2CCC(C)CC2C)c1. The average molecular weight is 218 g/mol. The van der Waals surface area contributed by atoms with Gasteiger partial charge in [-0.15, -0.1) is 0 Å². The molecule has 88 valence electrons. The minimum Gasteiger partial charge on any atom is -0.354 e. The fraction of sp³-hybridized carbons (Fsp3) is 0.643. The minimum absolute atomic E-state index is 0.623. The van der Waals surface area contributed by atoms with Crippen molar-refractivity contribution in [1.82, 2.24) is 4.98 Å². The maximum atomic E-state index is 4.66. The van der Waals surface area contributed by atoms with Crippen LogP contribution in [0.1, 0.15) is 37.9 Å². The summed E-state index contributed by atoms with van der Waals surface area (Å²) in [5.41, 5.74) is 2.44. The van der Waals surface area contributed by atoms with Crippen LogP contribution in [0.15, 0.2) is 12.1 Å². The first-order valence-electron chi connectivity index (χ1n) is 6.28. The van der Waals surface area contributed by atoms with Gasteiger partial charge in [-0.25, -0.2) is 4.98 Å². The van der Waals surface area contributed by atoms with E-state index in [0.717, 1.165) is 24.0 Å². The summed E-state index contributed by atoms with van der Waals surface area (Å²) < 4.78 is 0. The molecule has 0 bridgehead atoms. The molecular weight excluding hydrogens is 196 g/mol. The highest BCUT2D eigenvalue weighted by Gasteiger charge is 2.23. The Balaban J connectivity index is 2.23. The zero-order chi connectivity index (χ0) is 11.7. The Bertz CT molecular complexity index is 353. The highest BCUT2D eigenvalue weighted by Crippen LogP contribution is 2.27. The third-order valence-electron chi connectivity index (χ3n) is 3.52. The van der Waals surface area contributed by atoms with E-state index in [4.69, 9.17) is 0 Å². The molecule has 1 aliphatic heterocycles. The first-order chi connectivity index (χ1) is 7.56. The Labute approximate surface area is 98.7 Å². The summed E-state index contributed by atoms with van der Waals surface area (Å²) in [7, 11) is 0. The largest absolute Gasteiger partial charge is 0.354 e. The van der Waals surface area contributed by atoms with E-state index in [0.29, 0.717) is 6.04 Å². The molecule has 1 saturated heterocycles. The fourth-order valence-electron chi connectivity index (χ4n) is 2.71. The van der Waals surface area contributed by atoms with Crippen LogP contribution < -0.4 is 4.90 Å². The summed E-state index contributed by atoms with van der Waals surface area (Å²) >= 11 is 0. The molecule has 1 aliphatic rings. The molecule has 2 heteroatoms. The maximum absolute atomic E-state index is 4.66. The van der Waals surface area contributed by atoms with E-state index in [1.165, 1.54) is 18.4 Å². The van der Waals surface area contributed by atoms with Gasteiger partial charge < -0.3 is 4.90 Å². The molecule has 1 aromatic rings. The summed E-state index contributed by atoms with van der Waals surface area (Å²) in [5.74, 6) is 2.02. The van der Waals surface area contributed by atoms with Crippen molar-refractivity contribution in [1.29, 1.82) is 0 Å². The molecule has 16 heavy (non-hydrogen) atoms. The summed E-state index contributed by atoms with van der Waals surface area (Å²) in [6, 6.07) is 4.97. The van der Waals surface area contributed by atoms with Gasteiger partial charge in [0, 0.05) is 18.3 Å².